The zero-order valence-electron chi connectivity index (χ0n) is 22.7. The molecule has 2 aliphatic rings. The Kier molecular flexibility index (Phi) is 6.53. The number of phenolic OH excluding ortho intramolecular Hbond substituents is 1. The Morgan fingerprint density at radius 3 is 2.75 bits per heavy atom. The second-order valence-electron chi connectivity index (χ2n) is 10.9. The highest BCUT2D eigenvalue weighted by atomic mass is 79.9. The van der Waals surface area contributed by atoms with Gasteiger partial charge >= 0.3 is 0 Å². The topological polar surface area (TPSA) is 107 Å². The maximum Gasteiger partial charge on any atom is 0.256 e. The first-order valence-corrected chi connectivity index (χ1v) is 14.3. The van der Waals surface area contributed by atoms with Crippen molar-refractivity contribution in [1.82, 2.24) is 29.5 Å². The fraction of sp³-hybridized carbons (Fsp3) is 0.333. The van der Waals surface area contributed by atoms with Gasteiger partial charge in [0.25, 0.3) is 5.91 Å². The van der Waals surface area contributed by atoms with Gasteiger partial charge in [-0.2, -0.15) is 5.10 Å². The molecule has 2 N–H and O–H groups in total. The summed E-state index contributed by atoms with van der Waals surface area (Å²) >= 11 is 3.53. The highest BCUT2D eigenvalue weighted by Crippen LogP contribution is 2.42. The van der Waals surface area contributed by atoms with E-state index >= 15 is 0 Å². The van der Waals surface area contributed by atoms with Crippen LogP contribution >= 0.6 is 15.9 Å². The minimum absolute atomic E-state index is 0.0817. The third-order valence-electron chi connectivity index (χ3n) is 8.11. The van der Waals surface area contributed by atoms with E-state index in [1.807, 2.05) is 34.7 Å². The van der Waals surface area contributed by atoms with Crippen LogP contribution in [0.4, 0.5) is 0 Å². The van der Waals surface area contributed by atoms with Gasteiger partial charge in [-0.05, 0) is 57.8 Å². The quantitative estimate of drug-likeness (QED) is 0.312. The number of phenols is 1. The van der Waals surface area contributed by atoms with Crippen LogP contribution in [0.3, 0.4) is 0 Å². The van der Waals surface area contributed by atoms with Crippen LogP contribution in [-0.4, -0.2) is 66.1 Å². The molecule has 2 atom stereocenters. The number of carbonyl (C=O) groups excluding carboxylic acids is 2. The van der Waals surface area contributed by atoms with Crippen LogP contribution < -0.4 is 0 Å². The van der Waals surface area contributed by atoms with Gasteiger partial charge in [0.1, 0.15) is 17.0 Å². The zero-order chi connectivity index (χ0) is 28.3. The van der Waals surface area contributed by atoms with E-state index in [0.717, 1.165) is 32.5 Å². The number of aromatic nitrogens is 4. The molecule has 10 heteroatoms. The van der Waals surface area contributed by atoms with Crippen molar-refractivity contribution >= 4 is 38.8 Å². The van der Waals surface area contributed by atoms with Crippen LogP contribution in [0, 0.1) is 0 Å². The summed E-state index contributed by atoms with van der Waals surface area (Å²) in [5.74, 6) is 0.0432. The zero-order valence-corrected chi connectivity index (χ0v) is 24.3. The number of nitrogens with zero attached hydrogens (tertiary/aromatic N) is 5. The van der Waals surface area contributed by atoms with Gasteiger partial charge in [0.15, 0.2) is 0 Å². The lowest BCUT2D eigenvalue weighted by Crippen LogP contribution is -2.46. The minimum Gasteiger partial charge on any atom is -0.506 e. The Labute approximate surface area is 240 Å². The summed E-state index contributed by atoms with van der Waals surface area (Å²) in [6.07, 6.45) is 3.46. The van der Waals surface area contributed by atoms with Gasteiger partial charge in [0, 0.05) is 42.0 Å². The molecule has 0 bridgehead atoms. The molecule has 2 aromatic carbocycles. The van der Waals surface area contributed by atoms with Crippen LogP contribution in [-0.2, 0) is 11.2 Å². The minimum atomic E-state index is -0.413. The normalized spacial score (nSPS) is 18.6. The number of amides is 2. The predicted octanol–water partition coefficient (Wildman–Crippen LogP) is 5.21. The predicted molar refractivity (Wildman–Crippen MR) is 156 cm³/mol. The standard InChI is InChI=1S/C30H31BrN6O3/c1-5-25(39)35-13-17(4)27-26-22(37(34-27)21-9-6-18(16(2)3)12-24(21)38)10-11-36(23(26)14-35)30(40)19-7-8-20(31)29-28(19)32-15-33-29/h5-9,12,15-17,23,38H,1,10-11,13-14H2,2-4H3,(H,32,33). The molecule has 2 aliphatic heterocycles. The number of carbonyl (C=O) groups is 2. The Bertz CT molecular complexity index is 1670. The summed E-state index contributed by atoms with van der Waals surface area (Å²) in [7, 11) is 0. The molecule has 0 radical (unpaired) electrons. The molecule has 40 heavy (non-hydrogen) atoms. The van der Waals surface area contributed by atoms with Gasteiger partial charge in [0.05, 0.1) is 34.8 Å². The molecule has 2 unspecified atom stereocenters. The molecule has 6 rings (SSSR count). The second-order valence-corrected chi connectivity index (χ2v) is 11.7. The Hall–Kier alpha value is -3.92. The number of aromatic amines is 1. The van der Waals surface area contributed by atoms with Crippen molar-refractivity contribution in [2.24, 2.45) is 0 Å². The van der Waals surface area contributed by atoms with E-state index < -0.39 is 6.04 Å². The van der Waals surface area contributed by atoms with Gasteiger partial charge < -0.3 is 19.9 Å². The molecule has 0 fully saturated rings. The van der Waals surface area contributed by atoms with Gasteiger partial charge in [-0.3, -0.25) is 9.59 Å². The number of H-pyrrole nitrogens is 1. The number of rotatable bonds is 4. The largest absolute Gasteiger partial charge is 0.506 e. The van der Waals surface area contributed by atoms with Crippen molar-refractivity contribution in [3.63, 3.8) is 0 Å². The number of aromatic hydroxyl groups is 1. The molecule has 4 heterocycles. The summed E-state index contributed by atoms with van der Waals surface area (Å²) in [6, 6.07) is 8.95. The first-order chi connectivity index (χ1) is 19.2. The number of nitrogens with one attached hydrogen (secondary N) is 1. The summed E-state index contributed by atoms with van der Waals surface area (Å²) in [5.41, 5.74) is 6.26. The van der Waals surface area contributed by atoms with Crippen LogP contribution in [0.25, 0.3) is 16.7 Å². The van der Waals surface area contributed by atoms with Crippen molar-refractivity contribution in [2.45, 2.75) is 45.1 Å². The molecule has 0 spiro atoms. The number of hydrogen-bond donors (Lipinski definition) is 2. The lowest BCUT2D eigenvalue weighted by atomic mass is 9.92. The maximum absolute atomic E-state index is 14.2. The average Bonchev–Trinajstić information content (AvgIpc) is 3.55. The van der Waals surface area contributed by atoms with Crippen molar-refractivity contribution < 1.29 is 14.7 Å². The van der Waals surface area contributed by atoms with E-state index in [1.54, 1.807) is 23.4 Å². The van der Waals surface area contributed by atoms with Crippen molar-refractivity contribution in [1.29, 1.82) is 0 Å². The van der Waals surface area contributed by atoms with Crippen molar-refractivity contribution in [2.75, 3.05) is 19.6 Å². The fourth-order valence-electron chi connectivity index (χ4n) is 6.04. The van der Waals surface area contributed by atoms with Crippen molar-refractivity contribution in [3.8, 4) is 11.4 Å². The third-order valence-corrected chi connectivity index (χ3v) is 8.77. The number of halogens is 1. The van der Waals surface area contributed by atoms with Gasteiger partial charge in [-0.15, -0.1) is 0 Å². The second kappa shape index (κ2) is 9.92. The first kappa shape index (κ1) is 26.3. The number of imidazole rings is 1. The smallest absolute Gasteiger partial charge is 0.256 e. The van der Waals surface area contributed by atoms with E-state index in [1.165, 1.54) is 6.08 Å². The van der Waals surface area contributed by atoms with E-state index in [4.69, 9.17) is 5.10 Å². The SMILES string of the molecule is C=CC(=O)N1CC(C)c2nn(-c3ccc(C(C)C)cc3O)c3c2C(C1)N(C(=O)c1ccc(Br)c2[nH]cnc12)CC3. The maximum atomic E-state index is 14.2. The molecule has 2 aromatic heterocycles. The lowest BCUT2D eigenvalue weighted by Gasteiger charge is -2.38. The molecule has 9 nitrogen and oxygen atoms in total. The number of fused-ring (bicyclic) bond motifs is 1. The molecule has 0 saturated heterocycles. The molecular formula is C30H31BrN6O3. The third kappa shape index (κ3) is 4.13. The summed E-state index contributed by atoms with van der Waals surface area (Å²) in [6.45, 7) is 11.1. The van der Waals surface area contributed by atoms with Crippen molar-refractivity contribution in [3.05, 3.63) is 81.9 Å². The molecule has 0 saturated carbocycles. The van der Waals surface area contributed by atoms with Gasteiger partial charge in [0.2, 0.25) is 5.91 Å². The molecular weight excluding hydrogens is 572 g/mol. The van der Waals surface area contributed by atoms with Crippen LogP contribution in [0.5, 0.6) is 5.75 Å². The van der Waals surface area contributed by atoms with Crippen LogP contribution in [0.2, 0.25) is 0 Å². The molecule has 4 aromatic rings. The van der Waals surface area contributed by atoms with Crippen LogP contribution in [0.15, 0.2) is 53.8 Å². The Morgan fingerprint density at radius 1 is 1.23 bits per heavy atom. The molecule has 206 valence electrons. The van der Waals surface area contributed by atoms with Gasteiger partial charge in [-0.1, -0.05) is 33.4 Å². The van der Waals surface area contributed by atoms with E-state index in [2.05, 4.69) is 46.3 Å². The Balaban J connectivity index is 1.49. The summed E-state index contributed by atoms with van der Waals surface area (Å²) < 4.78 is 2.67. The monoisotopic (exact) mass is 602 g/mol. The van der Waals surface area contributed by atoms with E-state index in [-0.39, 0.29) is 29.4 Å². The van der Waals surface area contributed by atoms with Crippen LogP contribution in [0.1, 0.15) is 71.5 Å². The summed E-state index contributed by atoms with van der Waals surface area (Å²) in [5, 5.41) is 16.0. The highest BCUT2D eigenvalue weighted by Gasteiger charge is 2.42. The number of hydrogen-bond acceptors (Lipinski definition) is 5. The van der Waals surface area contributed by atoms with E-state index in [0.29, 0.717) is 42.8 Å². The number of benzene rings is 2. The molecule has 0 aliphatic carbocycles. The fourth-order valence-corrected chi connectivity index (χ4v) is 6.47. The lowest BCUT2D eigenvalue weighted by molar-refractivity contribution is -0.126. The summed E-state index contributed by atoms with van der Waals surface area (Å²) in [4.78, 5) is 38.2. The van der Waals surface area contributed by atoms with E-state index in [9.17, 15) is 14.7 Å². The Morgan fingerprint density at radius 2 is 2.02 bits per heavy atom. The van der Waals surface area contributed by atoms with Gasteiger partial charge in [-0.25, -0.2) is 9.67 Å². The average molecular weight is 604 g/mol. The molecule has 2 amide bonds. The first-order valence-electron chi connectivity index (χ1n) is 13.5. The highest BCUT2D eigenvalue weighted by molar-refractivity contribution is 9.10.